The first-order valence-corrected chi connectivity index (χ1v) is 14.5. The van der Waals surface area contributed by atoms with Crippen LogP contribution in [0.15, 0.2) is 42.5 Å². The molecule has 0 bridgehead atoms. The highest BCUT2D eigenvalue weighted by molar-refractivity contribution is 6.22. The van der Waals surface area contributed by atoms with Crippen LogP contribution in [0.4, 0.5) is 0 Å². The molecule has 3 aliphatic rings. The molecular formula is C30H37NO14. The average Bonchev–Trinajstić information content (AvgIpc) is 3.34. The monoisotopic (exact) mass is 635 g/mol. The molecule has 8 N–H and O–H groups in total. The molecule has 2 heterocycles. The van der Waals surface area contributed by atoms with Crippen LogP contribution in [-0.4, -0.2) is 148 Å². The van der Waals surface area contributed by atoms with Gasteiger partial charge in [0.25, 0.3) is 5.91 Å². The van der Waals surface area contributed by atoms with E-state index in [0.717, 1.165) is 11.1 Å². The van der Waals surface area contributed by atoms with Crippen LogP contribution >= 0.6 is 0 Å². The van der Waals surface area contributed by atoms with E-state index in [2.05, 4.69) is 5.32 Å². The van der Waals surface area contributed by atoms with E-state index in [1.807, 2.05) is 12.1 Å². The largest absolute Gasteiger partial charge is 0.394 e. The molecule has 2 aromatic carbocycles. The van der Waals surface area contributed by atoms with Gasteiger partial charge in [0.15, 0.2) is 18.4 Å². The average molecular weight is 636 g/mol. The quantitative estimate of drug-likeness (QED) is 0.0946. The van der Waals surface area contributed by atoms with Crippen molar-refractivity contribution in [3.05, 3.63) is 59.2 Å². The van der Waals surface area contributed by atoms with Gasteiger partial charge in [-0.2, -0.15) is 0 Å². The summed E-state index contributed by atoms with van der Waals surface area (Å²) in [6.45, 7) is -1.17. The van der Waals surface area contributed by atoms with Crippen LogP contribution in [0.3, 0.4) is 0 Å². The maximum Gasteiger partial charge on any atom is 0.251 e. The number of benzene rings is 2. The lowest BCUT2D eigenvalue weighted by molar-refractivity contribution is -0.359. The number of ether oxygens (including phenoxy) is 5. The Bertz CT molecular complexity index is 1340. The van der Waals surface area contributed by atoms with Gasteiger partial charge in [0.2, 0.25) is 0 Å². The minimum absolute atomic E-state index is 0.0265. The van der Waals surface area contributed by atoms with Gasteiger partial charge in [-0.1, -0.05) is 30.3 Å². The zero-order valence-corrected chi connectivity index (χ0v) is 24.0. The maximum atomic E-state index is 12.7. The van der Waals surface area contributed by atoms with Crippen molar-refractivity contribution in [1.82, 2.24) is 5.32 Å². The van der Waals surface area contributed by atoms with E-state index in [1.54, 1.807) is 30.3 Å². The summed E-state index contributed by atoms with van der Waals surface area (Å²) < 4.78 is 27.2. The Labute approximate surface area is 257 Å². The fraction of sp³-hybridized carbons (Fsp3) is 0.533. The number of ketones is 1. The molecule has 15 heteroatoms. The number of aliphatic hydroxyl groups excluding tert-OH is 7. The molecule has 246 valence electrons. The second kappa shape index (κ2) is 14.7. The highest BCUT2D eigenvalue weighted by Crippen LogP contribution is 2.36. The molecule has 2 saturated heterocycles. The first-order chi connectivity index (χ1) is 21.7. The molecule has 0 saturated carbocycles. The zero-order valence-electron chi connectivity index (χ0n) is 24.0. The summed E-state index contributed by atoms with van der Waals surface area (Å²) in [7, 11) is 0. The van der Waals surface area contributed by atoms with Crippen LogP contribution in [-0.2, 0) is 23.7 Å². The Kier molecular flexibility index (Phi) is 10.9. The maximum absolute atomic E-state index is 12.7. The molecule has 5 rings (SSSR count). The summed E-state index contributed by atoms with van der Waals surface area (Å²) in [5.41, 5.74) is 3.05. The van der Waals surface area contributed by atoms with Gasteiger partial charge in [-0.15, -0.1) is 0 Å². The molecule has 0 aromatic heterocycles. The van der Waals surface area contributed by atoms with Crippen molar-refractivity contribution >= 4 is 11.7 Å². The number of rotatable bonds is 12. The molecule has 0 spiro atoms. The van der Waals surface area contributed by atoms with Gasteiger partial charge in [-0.25, -0.2) is 0 Å². The van der Waals surface area contributed by atoms with Crippen LogP contribution in [0.25, 0.3) is 11.1 Å². The van der Waals surface area contributed by atoms with E-state index in [9.17, 15) is 45.3 Å². The Balaban J connectivity index is 1.03. The predicted octanol–water partition coefficient (Wildman–Crippen LogP) is -2.71. The van der Waals surface area contributed by atoms with Gasteiger partial charge < -0.3 is 64.7 Å². The highest BCUT2D eigenvalue weighted by Gasteiger charge is 2.50. The van der Waals surface area contributed by atoms with Gasteiger partial charge >= 0.3 is 0 Å². The van der Waals surface area contributed by atoms with E-state index in [1.165, 1.54) is 0 Å². The summed E-state index contributed by atoms with van der Waals surface area (Å²) in [6.07, 6.45) is -15.4. The summed E-state index contributed by atoms with van der Waals surface area (Å²) in [5, 5.41) is 73.2. The van der Waals surface area contributed by atoms with E-state index in [0.29, 0.717) is 16.7 Å². The molecule has 2 fully saturated rings. The number of nitrogens with one attached hydrogen (secondary N) is 1. The number of carbonyl (C=O) groups excluding carboxylic acids is 2. The third-order valence-electron chi connectivity index (χ3n) is 7.99. The Morgan fingerprint density at radius 1 is 0.733 bits per heavy atom. The lowest BCUT2D eigenvalue weighted by atomic mass is 9.97. The van der Waals surface area contributed by atoms with Crippen molar-refractivity contribution in [1.29, 1.82) is 0 Å². The number of fused-ring (bicyclic) bond motifs is 3. The Morgan fingerprint density at radius 2 is 1.40 bits per heavy atom. The van der Waals surface area contributed by atoms with Crippen LogP contribution in [0, 0.1) is 0 Å². The zero-order chi connectivity index (χ0) is 32.2. The molecule has 1 amide bonds. The van der Waals surface area contributed by atoms with Crippen molar-refractivity contribution < 1.29 is 69.0 Å². The number of hydrogen-bond acceptors (Lipinski definition) is 14. The van der Waals surface area contributed by atoms with Crippen molar-refractivity contribution in [2.24, 2.45) is 0 Å². The smallest absolute Gasteiger partial charge is 0.251 e. The van der Waals surface area contributed by atoms with Crippen molar-refractivity contribution in [3.8, 4) is 11.1 Å². The summed E-state index contributed by atoms with van der Waals surface area (Å²) in [5.74, 6) is -0.495. The number of carbonyl (C=O) groups is 2. The molecule has 1 aliphatic carbocycles. The molecule has 45 heavy (non-hydrogen) atoms. The first kappa shape index (κ1) is 33.5. The van der Waals surface area contributed by atoms with Crippen LogP contribution in [0.2, 0.25) is 0 Å². The molecule has 2 aromatic rings. The third-order valence-corrected chi connectivity index (χ3v) is 7.99. The van der Waals surface area contributed by atoms with Gasteiger partial charge in [-0.3, -0.25) is 9.59 Å². The van der Waals surface area contributed by atoms with Crippen molar-refractivity contribution in [3.63, 3.8) is 0 Å². The van der Waals surface area contributed by atoms with E-state index < -0.39 is 74.6 Å². The lowest BCUT2D eigenvalue weighted by Crippen LogP contribution is -2.64. The Morgan fingerprint density at radius 3 is 2.13 bits per heavy atom. The third kappa shape index (κ3) is 6.95. The van der Waals surface area contributed by atoms with Crippen molar-refractivity contribution in [2.45, 2.75) is 61.4 Å². The first-order valence-electron chi connectivity index (χ1n) is 14.5. The van der Waals surface area contributed by atoms with Gasteiger partial charge in [0.05, 0.1) is 33.0 Å². The molecule has 0 unspecified atom stereocenters. The molecule has 2 aliphatic heterocycles. The lowest BCUT2D eigenvalue weighted by Gasteiger charge is -2.45. The van der Waals surface area contributed by atoms with Crippen LogP contribution in [0.5, 0.6) is 0 Å². The summed E-state index contributed by atoms with van der Waals surface area (Å²) in [6, 6.07) is 12.3. The second-order valence-corrected chi connectivity index (χ2v) is 10.9. The summed E-state index contributed by atoms with van der Waals surface area (Å²) >= 11 is 0. The fourth-order valence-electron chi connectivity index (χ4n) is 5.53. The number of amides is 1. The molecule has 10 atom stereocenters. The topological polar surface area (TPSA) is 234 Å². The number of aliphatic hydroxyl groups is 7. The Hall–Kier alpha value is -2.90. The van der Waals surface area contributed by atoms with Gasteiger partial charge in [0, 0.05) is 23.2 Å². The fourth-order valence-corrected chi connectivity index (χ4v) is 5.53. The molecule has 15 nitrogen and oxygen atoms in total. The summed E-state index contributed by atoms with van der Waals surface area (Å²) in [4.78, 5) is 25.3. The van der Waals surface area contributed by atoms with Crippen LogP contribution < -0.4 is 5.32 Å². The SMILES string of the molecule is O=C(NCCOCCO[C@@H]1O[C@H](CO)[C@@H](O[C@H]2O[C@H](CO)[C@@H](O)[C@H](O)[C@H]2O)[C@H](O)[C@H]1O)c1ccc2c(c1)C(=O)c1ccccc1-2. The predicted molar refractivity (Wildman–Crippen MR) is 151 cm³/mol. The van der Waals surface area contributed by atoms with Gasteiger partial charge in [-0.05, 0) is 23.3 Å². The highest BCUT2D eigenvalue weighted by atomic mass is 16.7. The van der Waals surface area contributed by atoms with Gasteiger partial charge in [0.1, 0.15) is 48.8 Å². The molecule has 0 radical (unpaired) electrons. The minimum atomic E-state index is -1.77. The minimum Gasteiger partial charge on any atom is -0.394 e. The van der Waals surface area contributed by atoms with E-state index in [4.69, 9.17) is 23.7 Å². The normalized spacial score (nSPS) is 32.6. The number of hydrogen-bond donors (Lipinski definition) is 8. The standard InChI is InChI=1S/C30H37NO14/c32-12-19-22(35)23(36)25(38)30(43-19)45-27-20(13-33)44-29(26(39)24(27)37)42-10-9-41-8-7-31-28(40)14-5-6-16-15-3-1-2-4-17(15)21(34)18(16)11-14/h1-6,11,19-20,22-27,29-30,32-33,35-39H,7-10,12-13H2,(H,31,40)/t19-,20-,22-,23+,24-,25-,26-,27-,29-,30-/m1/s1. The molecular weight excluding hydrogens is 598 g/mol. The van der Waals surface area contributed by atoms with Crippen LogP contribution in [0.1, 0.15) is 26.3 Å². The van der Waals surface area contributed by atoms with Crippen molar-refractivity contribution in [2.75, 3.05) is 39.6 Å². The van der Waals surface area contributed by atoms with E-state index >= 15 is 0 Å². The van der Waals surface area contributed by atoms with E-state index in [-0.39, 0.29) is 38.1 Å². The second-order valence-electron chi connectivity index (χ2n) is 10.9.